The zero-order valence-corrected chi connectivity index (χ0v) is 33.0. The summed E-state index contributed by atoms with van der Waals surface area (Å²) in [5, 5.41) is 42.9. The quantitative estimate of drug-likeness (QED) is 0.0279. The van der Waals surface area contributed by atoms with Crippen molar-refractivity contribution in [3.05, 3.63) is 137 Å². The summed E-state index contributed by atoms with van der Waals surface area (Å²) in [5.41, 5.74) is 3.99. The summed E-state index contributed by atoms with van der Waals surface area (Å²) in [4.78, 5) is 17.3. The van der Waals surface area contributed by atoms with Crippen molar-refractivity contribution in [3.8, 4) is 17.2 Å². The third kappa shape index (κ3) is 13.1. The van der Waals surface area contributed by atoms with Crippen LogP contribution < -0.4 is 10.1 Å². The van der Waals surface area contributed by atoms with Gasteiger partial charge in [0.15, 0.2) is 0 Å². The van der Waals surface area contributed by atoms with Crippen LogP contribution in [0.1, 0.15) is 53.5 Å². The first kappa shape index (κ1) is 43.3. The molecule has 1 heterocycles. The van der Waals surface area contributed by atoms with Crippen molar-refractivity contribution in [2.45, 2.75) is 70.4 Å². The van der Waals surface area contributed by atoms with E-state index in [0.29, 0.717) is 62.6 Å². The van der Waals surface area contributed by atoms with Crippen molar-refractivity contribution in [2.24, 2.45) is 0 Å². The largest absolute Gasteiger partial charge is 0.508 e. The van der Waals surface area contributed by atoms with Crippen molar-refractivity contribution < 1.29 is 58.7 Å². The number of phenolic OH excluding ortho intramolecular Hbond substituents is 2. The van der Waals surface area contributed by atoms with E-state index >= 15 is 0 Å². The van der Waals surface area contributed by atoms with E-state index in [1.807, 2.05) is 73.7 Å². The van der Waals surface area contributed by atoms with Gasteiger partial charge >= 0.3 is 6.16 Å². The van der Waals surface area contributed by atoms with Gasteiger partial charge in [-0.2, -0.15) is 0 Å². The van der Waals surface area contributed by atoms with Gasteiger partial charge in [-0.05, 0) is 64.4 Å². The van der Waals surface area contributed by atoms with E-state index in [1.54, 1.807) is 42.5 Å². The zero-order chi connectivity index (χ0) is 41.4. The summed E-state index contributed by atoms with van der Waals surface area (Å²) in [6.45, 7) is 4.63. The molecule has 0 aliphatic carbocycles. The van der Waals surface area contributed by atoms with Crippen LogP contribution in [-0.4, -0.2) is 83.4 Å². The molecule has 314 valence electrons. The number of ether oxygens (including phenoxy) is 6. The molecular formula is C45H52N2O12. The van der Waals surface area contributed by atoms with Crippen LogP contribution in [0.4, 0.5) is 4.79 Å². The lowest BCUT2D eigenvalue weighted by Crippen LogP contribution is -2.51. The van der Waals surface area contributed by atoms with Crippen LogP contribution in [0.15, 0.2) is 109 Å². The van der Waals surface area contributed by atoms with Crippen molar-refractivity contribution in [3.63, 3.8) is 0 Å². The van der Waals surface area contributed by atoms with Crippen LogP contribution in [0.3, 0.4) is 0 Å². The number of benzene rings is 5. The van der Waals surface area contributed by atoms with E-state index in [4.69, 9.17) is 38.8 Å². The van der Waals surface area contributed by atoms with Crippen LogP contribution >= 0.6 is 0 Å². The fourth-order valence-electron chi connectivity index (χ4n) is 6.85. The first-order valence-electron chi connectivity index (χ1n) is 19.7. The van der Waals surface area contributed by atoms with E-state index in [1.165, 1.54) is 0 Å². The number of nitrogens with zero attached hydrogens (tertiary/aromatic N) is 1. The van der Waals surface area contributed by atoms with E-state index in [0.717, 1.165) is 27.5 Å². The maximum absolute atomic E-state index is 12.7. The molecule has 1 aliphatic heterocycles. The standard InChI is InChI=1S/C45H52N2O12/c1-2-37(59-45(50)57-26-31-12-14-32(15-13-31)28-58-47(51)52)30-56-43-25-46-24-42(55-27-33-22-35-8-3-5-10-39(35)41(49)23-33)44(43)34-16-18-38(19-17-34)54-21-7-20-53-29-36-9-4-6-11-40(36)48/h3-6,8-19,22-23,37,42-44,46,48-49,51-52H,2,7,20-21,24-30H2,1H3. The lowest BCUT2D eigenvalue weighted by atomic mass is 9.85. The molecule has 5 N–H and O–H groups in total. The van der Waals surface area contributed by atoms with Gasteiger partial charge in [-0.25, -0.2) is 9.63 Å². The lowest BCUT2D eigenvalue weighted by molar-refractivity contribution is -0.497. The second-order valence-electron chi connectivity index (χ2n) is 14.2. The number of nitrogens with one attached hydrogen (secondary N) is 1. The summed E-state index contributed by atoms with van der Waals surface area (Å²) in [6, 6.07) is 33.4. The summed E-state index contributed by atoms with van der Waals surface area (Å²) >= 11 is 0. The lowest BCUT2D eigenvalue weighted by Gasteiger charge is -2.39. The topological polar surface area (TPSA) is 178 Å². The Labute approximate surface area is 343 Å². The number of hydrogen-bond acceptors (Lipinski definition) is 14. The van der Waals surface area contributed by atoms with Crippen molar-refractivity contribution in [2.75, 3.05) is 32.9 Å². The van der Waals surface area contributed by atoms with Gasteiger partial charge in [0.25, 0.3) is 0 Å². The van der Waals surface area contributed by atoms with Crippen LogP contribution in [0.2, 0.25) is 0 Å². The van der Waals surface area contributed by atoms with E-state index < -0.39 is 12.3 Å². The number of carbonyl (C=O) groups is 1. The second-order valence-corrected chi connectivity index (χ2v) is 14.2. The molecule has 0 amide bonds. The first-order valence-corrected chi connectivity index (χ1v) is 19.7. The van der Waals surface area contributed by atoms with Gasteiger partial charge < -0.3 is 44.0 Å². The molecule has 5 aromatic rings. The highest BCUT2D eigenvalue weighted by molar-refractivity contribution is 5.88. The zero-order valence-electron chi connectivity index (χ0n) is 33.0. The Morgan fingerprint density at radius 1 is 0.763 bits per heavy atom. The second kappa shape index (κ2) is 22.2. The molecule has 1 aliphatic rings. The SMILES string of the molecule is CCC(COC1CNCC(OCc2cc(O)c3ccccc3c2)C1c1ccc(OCCCOCc2ccccc2O)cc1)OC(=O)OCc1ccc(CON(O)O)cc1. The minimum Gasteiger partial charge on any atom is -0.508 e. The highest BCUT2D eigenvalue weighted by Gasteiger charge is 2.37. The minimum absolute atomic E-state index is 0.0147. The molecule has 0 saturated carbocycles. The molecule has 1 fully saturated rings. The van der Waals surface area contributed by atoms with Crippen molar-refractivity contribution in [1.29, 1.82) is 0 Å². The van der Waals surface area contributed by atoms with Crippen LogP contribution in [0, 0.1) is 0 Å². The highest BCUT2D eigenvalue weighted by Crippen LogP contribution is 2.33. The monoisotopic (exact) mass is 812 g/mol. The van der Waals surface area contributed by atoms with Crippen molar-refractivity contribution in [1.82, 2.24) is 10.7 Å². The van der Waals surface area contributed by atoms with Gasteiger partial charge in [0.2, 0.25) is 0 Å². The number of phenols is 2. The van der Waals surface area contributed by atoms with Crippen LogP contribution in [0.5, 0.6) is 17.2 Å². The number of para-hydroxylation sites is 1. The molecule has 6 rings (SSSR count). The Bertz CT molecular complexity index is 2050. The van der Waals surface area contributed by atoms with E-state index in [9.17, 15) is 15.0 Å². The number of hydrogen-bond donors (Lipinski definition) is 5. The van der Waals surface area contributed by atoms with Crippen LogP contribution in [0.25, 0.3) is 10.8 Å². The summed E-state index contributed by atoms with van der Waals surface area (Å²) in [6.07, 6.45) is -0.855. The Morgan fingerprint density at radius 3 is 2.22 bits per heavy atom. The Hall–Kier alpha value is -5.29. The third-order valence-corrected chi connectivity index (χ3v) is 10.0. The Morgan fingerprint density at radius 2 is 1.47 bits per heavy atom. The number of fused-ring (bicyclic) bond motifs is 1. The number of aromatic hydroxyl groups is 2. The average Bonchev–Trinajstić information content (AvgIpc) is 3.25. The molecule has 0 spiro atoms. The average molecular weight is 813 g/mol. The predicted octanol–water partition coefficient (Wildman–Crippen LogP) is 7.54. The summed E-state index contributed by atoms with van der Waals surface area (Å²) in [5.74, 6) is 0.936. The molecule has 4 atom stereocenters. The predicted molar refractivity (Wildman–Crippen MR) is 216 cm³/mol. The number of carbonyl (C=O) groups excluding carboxylic acids is 1. The molecular weight excluding hydrogens is 760 g/mol. The van der Waals surface area contributed by atoms with Gasteiger partial charge in [0.1, 0.15) is 30.0 Å². The van der Waals surface area contributed by atoms with Gasteiger partial charge in [0.05, 0.1) is 57.2 Å². The minimum atomic E-state index is -0.820. The maximum atomic E-state index is 12.7. The highest BCUT2D eigenvalue weighted by atomic mass is 17.1. The summed E-state index contributed by atoms with van der Waals surface area (Å²) < 4.78 is 35.9. The molecule has 1 saturated heterocycles. The van der Waals surface area contributed by atoms with E-state index in [2.05, 4.69) is 10.2 Å². The maximum Gasteiger partial charge on any atom is 0.508 e. The van der Waals surface area contributed by atoms with Gasteiger partial charge in [-0.15, -0.1) is 0 Å². The molecule has 14 heteroatoms. The molecule has 14 nitrogen and oxygen atoms in total. The molecule has 0 bridgehead atoms. The van der Waals surface area contributed by atoms with Crippen molar-refractivity contribution >= 4 is 16.9 Å². The number of rotatable bonds is 21. The molecule has 5 aromatic carbocycles. The first-order chi connectivity index (χ1) is 28.7. The summed E-state index contributed by atoms with van der Waals surface area (Å²) in [7, 11) is 0. The molecule has 59 heavy (non-hydrogen) atoms. The fourth-order valence-corrected chi connectivity index (χ4v) is 6.85. The van der Waals surface area contributed by atoms with Gasteiger partial charge in [-0.3, -0.25) is 10.4 Å². The third-order valence-electron chi connectivity index (χ3n) is 10.0. The molecule has 4 unspecified atom stereocenters. The smallest absolute Gasteiger partial charge is 0.508 e. The Kier molecular flexibility index (Phi) is 16.3. The number of piperidine rings is 1. The molecule has 0 aromatic heterocycles. The fraction of sp³-hybridized carbons (Fsp3) is 0.356. The van der Waals surface area contributed by atoms with Gasteiger partial charge in [-0.1, -0.05) is 85.8 Å². The van der Waals surface area contributed by atoms with Gasteiger partial charge in [0, 0.05) is 36.4 Å². The van der Waals surface area contributed by atoms with E-state index in [-0.39, 0.29) is 61.4 Å². The Balaban J connectivity index is 1.06. The molecule has 0 radical (unpaired) electrons. The normalized spacial score (nSPS) is 17.2. The van der Waals surface area contributed by atoms with Crippen LogP contribution in [-0.2, 0) is 54.9 Å².